The summed E-state index contributed by atoms with van der Waals surface area (Å²) in [6.07, 6.45) is 45.6. The lowest BCUT2D eigenvalue weighted by atomic mass is 9.95. The van der Waals surface area contributed by atoms with Crippen LogP contribution in [0.3, 0.4) is 0 Å². The predicted octanol–water partition coefficient (Wildman–Crippen LogP) is 14.4. The third-order valence-corrected chi connectivity index (χ3v) is 8.99. The van der Waals surface area contributed by atoms with E-state index in [9.17, 15) is 0 Å². The van der Waals surface area contributed by atoms with Crippen LogP contribution in [0.4, 0.5) is 0 Å². The van der Waals surface area contributed by atoms with Crippen molar-refractivity contribution in [3.63, 3.8) is 0 Å². The first kappa shape index (κ1) is 37.0. The molecule has 0 aliphatic carbocycles. The maximum absolute atomic E-state index is 2.51. The molecule has 2 atom stereocenters. The van der Waals surface area contributed by atoms with Crippen LogP contribution >= 0.6 is 0 Å². The molecule has 37 heavy (non-hydrogen) atoms. The van der Waals surface area contributed by atoms with Crippen molar-refractivity contribution in [2.45, 2.75) is 227 Å². The third-order valence-electron chi connectivity index (χ3n) is 8.99. The highest BCUT2D eigenvalue weighted by atomic mass is 14.1. The Morgan fingerprint density at radius 3 is 0.595 bits per heavy atom. The first-order chi connectivity index (χ1) is 18.2. The minimum absolute atomic E-state index is 0.964. The number of rotatable bonds is 32. The van der Waals surface area contributed by atoms with Crippen molar-refractivity contribution in [3.05, 3.63) is 0 Å². The third kappa shape index (κ3) is 32.1. The Hall–Kier alpha value is 0. The molecular formula is C37H76. The molecule has 0 aliphatic rings. The highest BCUT2D eigenvalue weighted by Gasteiger charge is 2.04. The summed E-state index contributed by atoms with van der Waals surface area (Å²) in [7, 11) is 0. The first-order valence-corrected chi connectivity index (χ1v) is 18.2. The summed E-state index contributed by atoms with van der Waals surface area (Å²) >= 11 is 0. The summed E-state index contributed by atoms with van der Waals surface area (Å²) < 4.78 is 0. The van der Waals surface area contributed by atoms with E-state index in [0.717, 1.165) is 11.8 Å². The van der Waals surface area contributed by atoms with Crippen LogP contribution < -0.4 is 0 Å². The average Bonchev–Trinajstić information content (AvgIpc) is 2.89. The fourth-order valence-electron chi connectivity index (χ4n) is 6.12. The molecule has 0 fully saturated rings. The predicted molar refractivity (Wildman–Crippen MR) is 173 cm³/mol. The van der Waals surface area contributed by atoms with Crippen molar-refractivity contribution in [1.82, 2.24) is 0 Å². The number of hydrogen-bond donors (Lipinski definition) is 0. The Balaban J connectivity index is 3.21. The fourth-order valence-corrected chi connectivity index (χ4v) is 6.12. The maximum Gasteiger partial charge on any atom is -0.0443 e. The van der Waals surface area contributed by atoms with Crippen molar-refractivity contribution in [1.29, 1.82) is 0 Å². The van der Waals surface area contributed by atoms with Gasteiger partial charge in [-0.15, -0.1) is 0 Å². The lowest BCUT2D eigenvalue weighted by Crippen LogP contribution is -1.95. The van der Waals surface area contributed by atoms with E-state index in [1.165, 1.54) is 199 Å². The van der Waals surface area contributed by atoms with Gasteiger partial charge in [0.25, 0.3) is 0 Å². The zero-order valence-electron chi connectivity index (χ0n) is 27.1. The molecule has 0 spiro atoms. The van der Waals surface area contributed by atoms with Gasteiger partial charge in [0.15, 0.2) is 0 Å². The topological polar surface area (TPSA) is 0 Å². The van der Waals surface area contributed by atoms with Crippen LogP contribution in [0.15, 0.2) is 0 Å². The molecular weight excluding hydrogens is 444 g/mol. The second-order valence-corrected chi connectivity index (χ2v) is 13.2. The Morgan fingerprint density at radius 2 is 0.405 bits per heavy atom. The van der Waals surface area contributed by atoms with E-state index in [2.05, 4.69) is 27.7 Å². The molecule has 0 bridgehead atoms. The monoisotopic (exact) mass is 521 g/mol. The lowest BCUT2D eigenvalue weighted by Gasteiger charge is -2.11. The van der Waals surface area contributed by atoms with E-state index < -0.39 is 0 Å². The van der Waals surface area contributed by atoms with Crippen molar-refractivity contribution in [2.75, 3.05) is 0 Å². The van der Waals surface area contributed by atoms with Crippen molar-refractivity contribution >= 4 is 0 Å². The van der Waals surface area contributed by atoms with Gasteiger partial charge in [-0.2, -0.15) is 0 Å². The highest BCUT2D eigenvalue weighted by Crippen LogP contribution is 2.21. The van der Waals surface area contributed by atoms with Crippen LogP contribution in [-0.4, -0.2) is 0 Å². The molecule has 224 valence electrons. The Labute approximate surface area is 238 Å². The lowest BCUT2D eigenvalue weighted by molar-refractivity contribution is 0.425. The molecule has 0 N–H and O–H groups in total. The molecule has 0 rings (SSSR count). The summed E-state index contributed by atoms with van der Waals surface area (Å²) in [5, 5.41) is 0. The minimum atomic E-state index is 0.964. The molecule has 0 saturated carbocycles. The number of hydrogen-bond acceptors (Lipinski definition) is 0. The van der Waals surface area contributed by atoms with E-state index in [1.54, 1.807) is 0 Å². The normalized spacial score (nSPS) is 13.3. The SMILES string of the molecule is CCCCCCCCCCCCCCC(C)CCCCCCCCCCCC(C)CCCCCCCC. The summed E-state index contributed by atoms with van der Waals surface area (Å²) in [5.41, 5.74) is 0. The van der Waals surface area contributed by atoms with E-state index >= 15 is 0 Å². The van der Waals surface area contributed by atoms with Gasteiger partial charge < -0.3 is 0 Å². The van der Waals surface area contributed by atoms with Gasteiger partial charge in [0, 0.05) is 0 Å². The van der Waals surface area contributed by atoms with Gasteiger partial charge in [-0.05, 0) is 11.8 Å². The van der Waals surface area contributed by atoms with Crippen molar-refractivity contribution < 1.29 is 0 Å². The quantitative estimate of drug-likeness (QED) is 0.0773. The fraction of sp³-hybridized carbons (Fsp3) is 1.00. The molecule has 0 heterocycles. The molecule has 0 aliphatic heterocycles. The maximum atomic E-state index is 2.51. The molecule has 0 aromatic rings. The molecule has 0 nitrogen and oxygen atoms in total. The number of unbranched alkanes of at least 4 members (excludes halogenated alkanes) is 24. The Bertz CT molecular complexity index is 385. The van der Waals surface area contributed by atoms with E-state index in [-0.39, 0.29) is 0 Å². The molecule has 0 aromatic carbocycles. The molecule has 0 radical (unpaired) electrons. The molecule has 0 saturated heterocycles. The minimum Gasteiger partial charge on any atom is -0.0654 e. The summed E-state index contributed by atoms with van der Waals surface area (Å²) in [4.78, 5) is 0. The molecule has 2 unspecified atom stereocenters. The van der Waals surface area contributed by atoms with Crippen LogP contribution in [0.2, 0.25) is 0 Å². The van der Waals surface area contributed by atoms with Crippen LogP contribution in [0.1, 0.15) is 227 Å². The van der Waals surface area contributed by atoms with Crippen molar-refractivity contribution in [3.8, 4) is 0 Å². The summed E-state index contributed by atoms with van der Waals surface area (Å²) in [6.45, 7) is 9.62. The molecule has 0 heteroatoms. The smallest absolute Gasteiger partial charge is 0.0443 e. The van der Waals surface area contributed by atoms with Gasteiger partial charge in [0.2, 0.25) is 0 Å². The zero-order chi connectivity index (χ0) is 27.1. The second-order valence-electron chi connectivity index (χ2n) is 13.2. The highest BCUT2D eigenvalue weighted by molar-refractivity contribution is 4.58. The van der Waals surface area contributed by atoms with E-state index in [1.807, 2.05) is 0 Å². The van der Waals surface area contributed by atoms with E-state index in [0.29, 0.717) is 0 Å². The van der Waals surface area contributed by atoms with Crippen molar-refractivity contribution in [2.24, 2.45) is 11.8 Å². The first-order valence-electron chi connectivity index (χ1n) is 18.2. The molecule has 0 aromatic heterocycles. The van der Waals surface area contributed by atoms with Gasteiger partial charge in [0.1, 0.15) is 0 Å². The second kappa shape index (κ2) is 32.2. The largest absolute Gasteiger partial charge is 0.0654 e. The summed E-state index contributed by atoms with van der Waals surface area (Å²) in [6, 6.07) is 0. The van der Waals surface area contributed by atoms with Gasteiger partial charge in [0.05, 0.1) is 0 Å². The molecule has 0 amide bonds. The standard InChI is InChI=1S/C37H76/c1-5-7-9-11-13-14-15-16-18-21-25-29-34-37(4)35-31-27-23-20-17-19-22-26-30-33-36(3)32-28-24-12-10-8-6-2/h36-37H,5-35H2,1-4H3. The van der Waals surface area contributed by atoms with Crippen LogP contribution in [0.25, 0.3) is 0 Å². The van der Waals surface area contributed by atoms with Crippen LogP contribution in [-0.2, 0) is 0 Å². The van der Waals surface area contributed by atoms with Gasteiger partial charge in [-0.3, -0.25) is 0 Å². The Kier molecular flexibility index (Phi) is 32.2. The van der Waals surface area contributed by atoms with Gasteiger partial charge in [-0.1, -0.05) is 227 Å². The average molecular weight is 521 g/mol. The Morgan fingerprint density at radius 1 is 0.243 bits per heavy atom. The van der Waals surface area contributed by atoms with Gasteiger partial charge in [-0.25, -0.2) is 0 Å². The zero-order valence-corrected chi connectivity index (χ0v) is 27.1. The van der Waals surface area contributed by atoms with E-state index in [4.69, 9.17) is 0 Å². The van der Waals surface area contributed by atoms with Gasteiger partial charge >= 0.3 is 0 Å². The summed E-state index contributed by atoms with van der Waals surface area (Å²) in [5.74, 6) is 1.93. The van der Waals surface area contributed by atoms with Crippen LogP contribution in [0.5, 0.6) is 0 Å². The van der Waals surface area contributed by atoms with Crippen LogP contribution in [0, 0.1) is 11.8 Å².